The SMILES string of the molecule is CCCC1CCC2C(=CCC3C2CCC2(C)C(C(C)CCC(C)C(C)C)CCC32)C1. The Kier molecular flexibility index (Phi) is 7.11. The first-order valence-corrected chi connectivity index (χ1v) is 14.0. The van der Waals surface area contributed by atoms with E-state index in [0.29, 0.717) is 5.41 Å². The average Bonchev–Trinajstić information content (AvgIpc) is 3.08. The van der Waals surface area contributed by atoms with Crippen LogP contribution in [0, 0.1) is 58.7 Å². The van der Waals surface area contributed by atoms with E-state index in [1.54, 1.807) is 12.8 Å². The van der Waals surface area contributed by atoms with Gasteiger partial charge in [0.25, 0.3) is 0 Å². The number of hydrogen-bond donors (Lipinski definition) is 0. The molecule has 0 aromatic heterocycles. The van der Waals surface area contributed by atoms with Crippen molar-refractivity contribution in [1.82, 2.24) is 0 Å². The van der Waals surface area contributed by atoms with E-state index in [1.165, 1.54) is 64.2 Å². The smallest absolute Gasteiger partial charge is 0.0172 e. The summed E-state index contributed by atoms with van der Waals surface area (Å²) in [6, 6.07) is 0. The summed E-state index contributed by atoms with van der Waals surface area (Å²) in [6.45, 7) is 15.0. The first kappa shape index (κ1) is 22.9. The van der Waals surface area contributed by atoms with Crippen molar-refractivity contribution in [2.45, 2.75) is 119 Å². The number of hydrogen-bond acceptors (Lipinski definition) is 0. The molecule has 9 atom stereocenters. The van der Waals surface area contributed by atoms with Gasteiger partial charge in [-0.2, -0.15) is 0 Å². The van der Waals surface area contributed by atoms with Gasteiger partial charge in [0.05, 0.1) is 0 Å². The fourth-order valence-corrected chi connectivity index (χ4v) is 9.04. The quantitative estimate of drug-likeness (QED) is 0.365. The highest BCUT2D eigenvalue weighted by Crippen LogP contribution is 2.65. The van der Waals surface area contributed by atoms with Gasteiger partial charge in [0.1, 0.15) is 0 Å². The molecule has 0 N–H and O–H groups in total. The molecule has 0 nitrogen and oxygen atoms in total. The van der Waals surface area contributed by atoms with E-state index in [0.717, 1.165) is 53.3 Å². The van der Waals surface area contributed by atoms with Gasteiger partial charge in [0, 0.05) is 0 Å². The predicted octanol–water partition coefficient (Wildman–Crippen LogP) is 9.30. The second-order valence-corrected chi connectivity index (χ2v) is 13.0. The Labute approximate surface area is 189 Å². The van der Waals surface area contributed by atoms with Crippen LogP contribution < -0.4 is 0 Å². The van der Waals surface area contributed by atoms with Crippen LogP contribution in [0.4, 0.5) is 0 Å². The lowest BCUT2D eigenvalue weighted by Gasteiger charge is -2.54. The van der Waals surface area contributed by atoms with Crippen molar-refractivity contribution in [3.05, 3.63) is 11.6 Å². The molecule has 3 saturated carbocycles. The molecule has 4 rings (SSSR count). The number of rotatable bonds is 7. The Bertz CT molecular complexity index is 599. The van der Waals surface area contributed by atoms with E-state index in [4.69, 9.17) is 0 Å². The van der Waals surface area contributed by atoms with Crippen LogP contribution in [-0.2, 0) is 0 Å². The maximum atomic E-state index is 2.78. The zero-order valence-corrected chi connectivity index (χ0v) is 21.3. The molecule has 0 aromatic carbocycles. The summed E-state index contributed by atoms with van der Waals surface area (Å²) < 4.78 is 0. The summed E-state index contributed by atoms with van der Waals surface area (Å²) >= 11 is 0. The molecule has 0 radical (unpaired) electrons. The van der Waals surface area contributed by atoms with E-state index >= 15 is 0 Å². The van der Waals surface area contributed by atoms with E-state index in [2.05, 4.69) is 47.6 Å². The molecule has 0 bridgehead atoms. The minimum atomic E-state index is 0.645. The van der Waals surface area contributed by atoms with Gasteiger partial charge in [-0.25, -0.2) is 0 Å². The lowest BCUT2D eigenvalue weighted by atomic mass is 9.50. The van der Waals surface area contributed by atoms with Gasteiger partial charge in [-0.1, -0.05) is 78.9 Å². The fourth-order valence-electron chi connectivity index (χ4n) is 9.04. The van der Waals surface area contributed by atoms with Crippen LogP contribution in [0.25, 0.3) is 0 Å². The Hall–Kier alpha value is -0.260. The molecular formula is C30H52. The van der Waals surface area contributed by atoms with E-state index in [9.17, 15) is 0 Å². The summed E-state index contributed by atoms with van der Waals surface area (Å²) in [5.74, 6) is 8.72. The zero-order valence-electron chi connectivity index (χ0n) is 21.3. The maximum Gasteiger partial charge on any atom is -0.0172 e. The normalized spacial score (nSPS) is 42.8. The summed E-state index contributed by atoms with van der Waals surface area (Å²) in [6.07, 6.45) is 20.6. The van der Waals surface area contributed by atoms with Crippen molar-refractivity contribution >= 4 is 0 Å². The molecule has 0 heteroatoms. The Morgan fingerprint density at radius 2 is 1.77 bits per heavy atom. The molecule has 0 aliphatic heterocycles. The van der Waals surface area contributed by atoms with Crippen molar-refractivity contribution in [2.75, 3.05) is 0 Å². The zero-order chi connectivity index (χ0) is 21.5. The lowest BCUT2D eigenvalue weighted by molar-refractivity contribution is -0.0267. The molecular weight excluding hydrogens is 360 g/mol. The van der Waals surface area contributed by atoms with Gasteiger partial charge in [-0.3, -0.25) is 0 Å². The van der Waals surface area contributed by atoms with Crippen LogP contribution in [-0.4, -0.2) is 0 Å². The topological polar surface area (TPSA) is 0 Å². The Balaban J connectivity index is 1.42. The van der Waals surface area contributed by atoms with Crippen molar-refractivity contribution in [1.29, 1.82) is 0 Å². The molecule has 0 heterocycles. The van der Waals surface area contributed by atoms with Crippen LogP contribution >= 0.6 is 0 Å². The van der Waals surface area contributed by atoms with E-state index in [1.807, 2.05) is 5.57 Å². The Morgan fingerprint density at radius 3 is 2.50 bits per heavy atom. The molecule has 9 unspecified atom stereocenters. The third-order valence-corrected chi connectivity index (χ3v) is 11.2. The second kappa shape index (κ2) is 9.31. The third-order valence-electron chi connectivity index (χ3n) is 11.2. The third kappa shape index (κ3) is 4.20. The predicted molar refractivity (Wildman–Crippen MR) is 131 cm³/mol. The molecule has 0 saturated heterocycles. The summed E-state index contributed by atoms with van der Waals surface area (Å²) in [5, 5.41) is 0. The molecule has 172 valence electrons. The van der Waals surface area contributed by atoms with Gasteiger partial charge in [-0.05, 0) is 110 Å². The maximum absolute atomic E-state index is 2.78. The van der Waals surface area contributed by atoms with E-state index < -0.39 is 0 Å². The summed E-state index contributed by atoms with van der Waals surface area (Å²) in [4.78, 5) is 0. The largest absolute Gasteiger partial charge is 0.0847 e. The first-order valence-electron chi connectivity index (χ1n) is 14.0. The lowest BCUT2D eigenvalue weighted by Crippen LogP contribution is -2.46. The summed E-state index contributed by atoms with van der Waals surface area (Å²) in [7, 11) is 0. The summed E-state index contributed by atoms with van der Waals surface area (Å²) in [5.41, 5.74) is 2.56. The van der Waals surface area contributed by atoms with Gasteiger partial charge in [0.15, 0.2) is 0 Å². The minimum Gasteiger partial charge on any atom is -0.0847 e. The van der Waals surface area contributed by atoms with Crippen LogP contribution in [0.5, 0.6) is 0 Å². The van der Waals surface area contributed by atoms with Gasteiger partial charge in [0.2, 0.25) is 0 Å². The fraction of sp³-hybridized carbons (Fsp3) is 0.933. The highest BCUT2D eigenvalue weighted by Gasteiger charge is 2.56. The van der Waals surface area contributed by atoms with Crippen LogP contribution in [0.3, 0.4) is 0 Å². The average molecular weight is 413 g/mol. The number of fused-ring (bicyclic) bond motifs is 5. The van der Waals surface area contributed by atoms with Gasteiger partial charge in [-0.15, -0.1) is 0 Å². The van der Waals surface area contributed by atoms with Crippen LogP contribution in [0.2, 0.25) is 0 Å². The first-order chi connectivity index (χ1) is 14.3. The van der Waals surface area contributed by atoms with Gasteiger partial charge >= 0.3 is 0 Å². The minimum absolute atomic E-state index is 0.645. The van der Waals surface area contributed by atoms with Crippen molar-refractivity contribution < 1.29 is 0 Å². The highest BCUT2D eigenvalue weighted by molar-refractivity contribution is 5.20. The molecule has 0 spiro atoms. The molecule has 0 amide bonds. The van der Waals surface area contributed by atoms with Crippen molar-refractivity contribution in [3.63, 3.8) is 0 Å². The molecule has 3 fully saturated rings. The second-order valence-electron chi connectivity index (χ2n) is 13.0. The Morgan fingerprint density at radius 1 is 0.967 bits per heavy atom. The monoisotopic (exact) mass is 412 g/mol. The van der Waals surface area contributed by atoms with E-state index in [-0.39, 0.29) is 0 Å². The van der Waals surface area contributed by atoms with Crippen LogP contribution in [0.1, 0.15) is 119 Å². The van der Waals surface area contributed by atoms with Crippen LogP contribution in [0.15, 0.2) is 11.6 Å². The van der Waals surface area contributed by atoms with Gasteiger partial charge < -0.3 is 0 Å². The van der Waals surface area contributed by atoms with Crippen molar-refractivity contribution in [2.24, 2.45) is 58.7 Å². The highest BCUT2D eigenvalue weighted by atomic mass is 14.6. The molecule has 0 aromatic rings. The van der Waals surface area contributed by atoms with Crippen molar-refractivity contribution in [3.8, 4) is 0 Å². The number of allylic oxidation sites excluding steroid dienone is 2. The molecule has 4 aliphatic carbocycles. The molecule has 4 aliphatic rings. The standard InChI is InChI=1S/C30H52/c1-7-8-23-11-13-25-24(19-23)12-14-27-26(25)17-18-30(6)28(15-16-29(27)30)22(5)10-9-21(4)20(2)3/h12,20-23,25-29H,7-11,13-19H2,1-6H3. The molecule has 30 heavy (non-hydrogen) atoms.